The van der Waals surface area contributed by atoms with Crippen LogP contribution in [0.3, 0.4) is 0 Å². The summed E-state index contributed by atoms with van der Waals surface area (Å²) in [6.07, 6.45) is 3.88. The number of unbranched alkanes of at least 4 members (excludes halogenated alkanes) is 1. The monoisotopic (exact) mass is 496 g/mol. The second-order valence-corrected chi connectivity index (χ2v) is 8.49. The number of hydrogen-bond donors (Lipinski definition) is 4. The minimum Gasteiger partial charge on any atom is -0.478 e. The molecule has 1 unspecified atom stereocenters. The molecule has 0 spiro atoms. The van der Waals surface area contributed by atoms with Gasteiger partial charge in [0, 0.05) is 25.4 Å². The third-order valence-corrected chi connectivity index (χ3v) is 5.73. The normalized spacial score (nSPS) is 11.6. The van der Waals surface area contributed by atoms with Crippen molar-refractivity contribution in [2.24, 2.45) is 0 Å². The molecule has 2 aromatic carbocycles. The van der Waals surface area contributed by atoms with E-state index in [1.54, 1.807) is 34.3 Å². The van der Waals surface area contributed by atoms with E-state index in [0.29, 0.717) is 24.4 Å². The highest BCUT2D eigenvalue weighted by atomic mass is 19.1. The molecule has 4 N–H and O–H groups in total. The number of aryl methyl sites for hydroxylation is 1. The molecular formula is C26H29FN4O5. The fourth-order valence-electron chi connectivity index (χ4n) is 3.89. The zero-order valence-electron chi connectivity index (χ0n) is 19.9. The Hall–Kier alpha value is -4.05. The molecule has 0 radical (unpaired) electrons. The maximum atomic E-state index is 13.7. The molecule has 36 heavy (non-hydrogen) atoms. The predicted octanol–water partition coefficient (Wildman–Crippen LogP) is 3.35. The molecule has 0 aliphatic heterocycles. The lowest BCUT2D eigenvalue weighted by Crippen LogP contribution is -2.41. The van der Waals surface area contributed by atoms with Gasteiger partial charge in [-0.05, 0) is 48.2 Å². The van der Waals surface area contributed by atoms with Gasteiger partial charge in [-0.25, -0.2) is 19.6 Å². The average Bonchev–Trinajstić information content (AvgIpc) is 3.25. The predicted molar refractivity (Wildman–Crippen MR) is 129 cm³/mol. The Labute approximate surface area is 207 Å². The summed E-state index contributed by atoms with van der Waals surface area (Å²) in [7, 11) is 0. The SMILES string of the molecule is CCCCc1ncc(C(=O)NC(CC(=O)NO)Cc2cccc(F)c2)n1Cc1ccc(C(=O)O)cc1. The molecule has 10 heteroatoms. The van der Waals surface area contributed by atoms with Gasteiger partial charge in [0.05, 0.1) is 11.8 Å². The Morgan fingerprint density at radius 1 is 1.11 bits per heavy atom. The van der Waals surface area contributed by atoms with Crippen molar-refractivity contribution in [1.29, 1.82) is 0 Å². The first kappa shape index (κ1) is 26.6. The third-order valence-electron chi connectivity index (χ3n) is 5.73. The van der Waals surface area contributed by atoms with Crippen LogP contribution >= 0.6 is 0 Å². The molecule has 0 aliphatic rings. The van der Waals surface area contributed by atoms with Crippen LogP contribution in [0.1, 0.15) is 64.0 Å². The van der Waals surface area contributed by atoms with Crippen LogP contribution in [0, 0.1) is 5.82 Å². The number of imidazole rings is 1. The standard InChI is InChI=1S/C26H29FN4O5/c1-2-3-7-23-28-15-22(31(23)16-17-8-10-19(11-9-17)26(34)35)25(33)29-21(14-24(32)30-36)13-18-5-4-6-20(27)12-18/h4-6,8-12,15,21,36H,2-3,7,13-14,16H2,1H3,(H,29,33)(H,30,32)(H,34,35). The zero-order valence-corrected chi connectivity index (χ0v) is 19.9. The molecule has 1 heterocycles. The van der Waals surface area contributed by atoms with Gasteiger partial charge >= 0.3 is 5.97 Å². The Balaban J connectivity index is 1.86. The van der Waals surface area contributed by atoms with Gasteiger partial charge in [0.25, 0.3) is 5.91 Å². The van der Waals surface area contributed by atoms with E-state index in [1.807, 2.05) is 0 Å². The number of nitrogens with zero attached hydrogens (tertiary/aromatic N) is 2. The summed E-state index contributed by atoms with van der Waals surface area (Å²) >= 11 is 0. The van der Waals surface area contributed by atoms with Gasteiger partial charge in [-0.2, -0.15) is 0 Å². The number of rotatable bonds is 12. The molecule has 1 atom stereocenters. The molecule has 0 saturated heterocycles. The van der Waals surface area contributed by atoms with Gasteiger partial charge in [0.15, 0.2) is 0 Å². The molecule has 9 nitrogen and oxygen atoms in total. The lowest BCUT2D eigenvalue weighted by molar-refractivity contribution is -0.129. The first-order valence-electron chi connectivity index (χ1n) is 11.7. The number of amides is 2. The Morgan fingerprint density at radius 2 is 1.86 bits per heavy atom. The van der Waals surface area contributed by atoms with Crippen LogP contribution in [0.4, 0.5) is 4.39 Å². The van der Waals surface area contributed by atoms with E-state index < -0.39 is 29.6 Å². The number of halogens is 1. The Bertz CT molecular complexity index is 1210. The number of benzene rings is 2. The lowest BCUT2D eigenvalue weighted by Gasteiger charge is -2.19. The van der Waals surface area contributed by atoms with Crippen molar-refractivity contribution in [3.05, 3.63) is 88.8 Å². The maximum absolute atomic E-state index is 13.7. The summed E-state index contributed by atoms with van der Waals surface area (Å²) < 4.78 is 15.4. The van der Waals surface area contributed by atoms with Crippen LogP contribution in [-0.4, -0.2) is 43.7 Å². The van der Waals surface area contributed by atoms with Gasteiger partial charge in [-0.3, -0.25) is 14.8 Å². The number of carbonyl (C=O) groups excluding carboxylic acids is 2. The molecule has 1 aromatic heterocycles. The summed E-state index contributed by atoms with van der Waals surface area (Å²) in [5, 5.41) is 20.9. The zero-order chi connectivity index (χ0) is 26.1. The van der Waals surface area contributed by atoms with Gasteiger partial charge in [-0.1, -0.05) is 37.6 Å². The number of carboxylic acids is 1. The van der Waals surface area contributed by atoms with E-state index in [9.17, 15) is 18.8 Å². The lowest BCUT2D eigenvalue weighted by atomic mass is 10.0. The van der Waals surface area contributed by atoms with Crippen LogP contribution in [0.2, 0.25) is 0 Å². The average molecular weight is 497 g/mol. The van der Waals surface area contributed by atoms with Crippen molar-refractivity contribution in [3.8, 4) is 0 Å². The molecule has 3 aromatic rings. The molecule has 0 saturated carbocycles. The van der Waals surface area contributed by atoms with Crippen LogP contribution in [0.25, 0.3) is 0 Å². The number of hydroxylamine groups is 1. The van der Waals surface area contributed by atoms with E-state index in [0.717, 1.165) is 18.4 Å². The summed E-state index contributed by atoms with van der Waals surface area (Å²) in [4.78, 5) is 40.8. The molecule has 0 aliphatic carbocycles. The summed E-state index contributed by atoms with van der Waals surface area (Å²) in [6, 6.07) is 11.5. The first-order chi connectivity index (χ1) is 17.3. The second-order valence-electron chi connectivity index (χ2n) is 8.49. The van der Waals surface area contributed by atoms with Crippen molar-refractivity contribution in [1.82, 2.24) is 20.3 Å². The number of hydrogen-bond acceptors (Lipinski definition) is 5. The Morgan fingerprint density at radius 3 is 2.50 bits per heavy atom. The second kappa shape index (κ2) is 12.6. The number of carboxylic acid groups (broad SMARTS) is 1. The molecule has 190 valence electrons. The third kappa shape index (κ3) is 7.22. The fourth-order valence-corrected chi connectivity index (χ4v) is 3.89. The molecule has 0 fully saturated rings. The van der Waals surface area contributed by atoms with Crippen molar-refractivity contribution < 1.29 is 29.1 Å². The highest BCUT2D eigenvalue weighted by Gasteiger charge is 2.22. The van der Waals surface area contributed by atoms with Crippen molar-refractivity contribution in [2.45, 2.75) is 51.6 Å². The molecule has 3 rings (SSSR count). The smallest absolute Gasteiger partial charge is 0.335 e. The van der Waals surface area contributed by atoms with Crippen LogP contribution in [0.15, 0.2) is 54.7 Å². The first-order valence-corrected chi connectivity index (χ1v) is 11.7. The number of aromatic carboxylic acids is 1. The molecular weight excluding hydrogens is 467 g/mol. The summed E-state index contributed by atoms with van der Waals surface area (Å²) in [5.41, 5.74) is 3.38. The molecule has 2 amide bonds. The highest BCUT2D eigenvalue weighted by molar-refractivity contribution is 5.93. The van der Waals surface area contributed by atoms with Crippen LogP contribution < -0.4 is 10.8 Å². The van der Waals surface area contributed by atoms with E-state index in [2.05, 4.69) is 17.2 Å². The quantitative estimate of drug-likeness (QED) is 0.225. The van der Waals surface area contributed by atoms with Crippen LogP contribution in [0.5, 0.6) is 0 Å². The minimum atomic E-state index is -1.02. The van der Waals surface area contributed by atoms with Gasteiger partial charge in [0.1, 0.15) is 17.3 Å². The minimum absolute atomic E-state index is 0.163. The fraction of sp³-hybridized carbons (Fsp3) is 0.308. The maximum Gasteiger partial charge on any atom is 0.335 e. The topological polar surface area (TPSA) is 134 Å². The van der Waals surface area contributed by atoms with Gasteiger partial charge in [0.2, 0.25) is 5.91 Å². The Kier molecular flexibility index (Phi) is 9.29. The van der Waals surface area contributed by atoms with Gasteiger partial charge in [-0.15, -0.1) is 0 Å². The number of nitrogens with one attached hydrogen (secondary N) is 2. The number of aromatic nitrogens is 2. The summed E-state index contributed by atoms with van der Waals surface area (Å²) in [6.45, 7) is 2.35. The van der Waals surface area contributed by atoms with Crippen molar-refractivity contribution in [2.75, 3.05) is 0 Å². The van der Waals surface area contributed by atoms with E-state index in [1.165, 1.54) is 30.5 Å². The summed E-state index contributed by atoms with van der Waals surface area (Å²) in [5.74, 6) is -1.91. The highest BCUT2D eigenvalue weighted by Crippen LogP contribution is 2.15. The number of carbonyl (C=O) groups is 3. The van der Waals surface area contributed by atoms with E-state index >= 15 is 0 Å². The van der Waals surface area contributed by atoms with Crippen molar-refractivity contribution in [3.63, 3.8) is 0 Å². The van der Waals surface area contributed by atoms with Crippen LogP contribution in [-0.2, 0) is 24.2 Å². The molecule has 0 bridgehead atoms. The van der Waals surface area contributed by atoms with E-state index in [-0.39, 0.29) is 24.1 Å². The largest absolute Gasteiger partial charge is 0.478 e. The van der Waals surface area contributed by atoms with Crippen molar-refractivity contribution >= 4 is 17.8 Å². The van der Waals surface area contributed by atoms with E-state index in [4.69, 9.17) is 10.3 Å². The van der Waals surface area contributed by atoms with Gasteiger partial charge < -0.3 is 15.0 Å².